The van der Waals surface area contributed by atoms with Crippen molar-refractivity contribution in [3.8, 4) is 11.5 Å². The average Bonchev–Trinajstić information content (AvgIpc) is 2.73. The summed E-state index contributed by atoms with van der Waals surface area (Å²) in [6.07, 6.45) is 0. The van der Waals surface area contributed by atoms with E-state index >= 15 is 0 Å². The smallest absolute Gasteiger partial charge is 0.162 e. The Hall–Kier alpha value is -2.20. The summed E-state index contributed by atoms with van der Waals surface area (Å²) in [4.78, 5) is 2.19. The highest BCUT2D eigenvalue weighted by atomic mass is 35.5. The van der Waals surface area contributed by atoms with Gasteiger partial charge in [0.05, 0.1) is 0 Å². The minimum Gasteiger partial charge on any atom is -0.485 e. The molecule has 0 saturated carbocycles. The topological polar surface area (TPSA) is 21.7 Å². The first-order valence-electron chi connectivity index (χ1n) is 9.45. The molecule has 0 heterocycles. The van der Waals surface area contributed by atoms with Crippen LogP contribution in [0.5, 0.6) is 11.5 Å². The molecule has 0 N–H and O–H groups in total. The second kappa shape index (κ2) is 12.4. The van der Waals surface area contributed by atoms with Crippen LogP contribution in [0.4, 0.5) is 0 Å². The number of rotatable bonds is 10. The molecule has 5 heteroatoms. The Morgan fingerprint density at radius 2 is 1.28 bits per heavy atom. The largest absolute Gasteiger partial charge is 0.485 e. The van der Waals surface area contributed by atoms with Gasteiger partial charge in [-0.3, -0.25) is 0 Å². The van der Waals surface area contributed by atoms with Crippen molar-refractivity contribution in [3.05, 3.63) is 95.6 Å². The van der Waals surface area contributed by atoms with Gasteiger partial charge < -0.3 is 14.4 Å². The quantitative estimate of drug-likeness (QED) is 0.370. The number of hydrogen-bond acceptors (Lipinski definition) is 3. The highest BCUT2D eigenvalue weighted by Crippen LogP contribution is 2.30. The van der Waals surface area contributed by atoms with Crippen molar-refractivity contribution in [2.75, 3.05) is 19.5 Å². The standard InChI is InChI=1S/C24H26ClNO2.ClH/c1-26(15-14-25)17-22-12-13-23(27-18-20-8-4-2-5-9-20)24(16-22)28-19-21-10-6-3-7-11-21;/h2-13,16H,14-15,17-19H2,1H3;1H. The molecule has 29 heavy (non-hydrogen) atoms. The van der Waals surface area contributed by atoms with Gasteiger partial charge in [0.2, 0.25) is 0 Å². The maximum atomic E-state index is 6.12. The van der Waals surface area contributed by atoms with Gasteiger partial charge in [-0.25, -0.2) is 0 Å². The Morgan fingerprint density at radius 3 is 1.83 bits per heavy atom. The minimum atomic E-state index is 0. The Kier molecular flexibility index (Phi) is 9.85. The lowest BCUT2D eigenvalue weighted by Gasteiger charge is -2.18. The molecule has 0 aliphatic heterocycles. The van der Waals surface area contributed by atoms with Crippen LogP contribution in [0, 0.1) is 0 Å². The van der Waals surface area contributed by atoms with Gasteiger partial charge in [-0.05, 0) is 35.9 Å². The molecular formula is C24H27Cl2NO2. The molecular weight excluding hydrogens is 405 g/mol. The number of halogens is 2. The monoisotopic (exact) mass is 431 g/mol. The Morgan fingerprint density at radius 1 is 0.724 bits per heavy atom. The molecule has 0 spiro atoms. The lowest BCUT2D eigenvalue weighted by atomic mass is 10.2. The summed E-state index contributed by atoms with van der Waals surface area (Å²) in [6, 6.07) is 26.4. The van der Waals surface area contributed by atoms with E-state index in [9.17, 15) is 0 Å². The maximum Gasteiger partial charge on any atom is 0.162 e. The van der Waals surface area contributed by atoms with Crippen molar-refractivity contribution in [1.82, 2.24) is 4.90 Å². The SMILES string of the molecule is CN(CCCl)Cc1ccc(OCc2ccccc2)c(OCc2ccccc2)c1.Cl. The summed E-state index contributed by atoms with van der Waals surface area (Å²) in [5.74, 6) is 2.13. The third-order valence-corrected chi connectivity index (χ3v) is 4.57. The van der Waals surface area contributed by atoms with Gasteiger partial charge in [0, 0.05) is 19.0 Å². The van der Waals surface area contributed by atoms with Gasteiger partial charge in [0.25, 0.3) is 0 Å². The number of hydrogen-bond donors (Lipinski definition) is 0. The number of nitrogens with zero attached hydrogens (tertiary/aromatic N) is 1. The second-order valence-corrected chi connectivity index (χ2v) is 7.13. The highest BCUT2D eigenvalue weighted by Gasteiger charge is 2.09. The Balaban J connectivity index is 0.00000300. The Bertz CT molecular complexity index is 844. The van der Waals surface area contributed by atoms with Gasteiger partial charge >= 0.3 is 0 Å². The number of benzene rings is 3. The van der Waals surface area contributed by atoms with Crippen molar-refractivity contribution in [1.29, 1.82) is 0 Å². The van der Waals surface area contributed by atoms with E-state index in [1.165, 1.54) is 5.56 Å². The third-order valence-electron chi connectivity index (χ3n) is 4.40. The van der Waals surface area contributed by atoms with Crippen LogP contribution in [0.15, 0.2) is 78.9 Å². The fraction of sp³-hybridized carbons (Fsp3) is 0.250. The van der Waals surface area contributed by atoms with Crippen molar-refractivity contribution in [2.24, 2.45) is 0 Å². The van der Waals surface area contributed by atoms with Gasteiger partial charge in [0.1, 0.15) is 13.2 Å². The zero-order valence-electron chi connectivity index (χ0n) is 16.6. The van der Waals surface area contributed by atoms with Crippen LogP contribution >= 0.6 is 24.0 Å². The lowest BCUT2D eigenvalue weighted by molar-refractivity contribution is 0.255. The number of ether oxygens (including phenoxy) is 2. The molecule has 0 fully saturated rings. The van der Waals surface area contributed by atoms with E-state index in [-0.39, 0.29) is 12.4 Å². The summed E-state index contributed by atoms with van der Waals surface area (Å²) >= 11 is 5.85. The fourth-order valence-corrected chi connectivity index (χ4v) is 3.18. The maximum absolute atomic E-state index is 6.12. The van der Waals surface area contributed by atoms with E-state index in [4.69, 9.17) is 21.1 Å². The third kappa shape index (κ3) is 7.62. The first-order chi connectivity index (χ1) is 13.7. The van der Waals surface area contributed by atoms with E-state index in [0.29, 0.717) is 19.1 Å². The highest BCUT2D eigenvalue weighted by molar-refractivity contribution is 6.18. The van der Waals surface area contributed by atoms with Crippen LogP contribution in [0.3, 0.4) is 0 Å². The van der Waals surface area contributed by atoms with Gasteiger partial charge in [-0.1, -0.05) is 66.7 Å². The molecule has 0 aliphatic carbocycles. The first kappa shape index (κ1) is 23.1. The van der Waals surface area contributed by atoms with E-state index in [1.807, 2.05) is 42.5 Å². The summed E-state index contributed by atoms with van der Waals surface area (Å²) < 4.78 is 12.2. The van der Waals surface area contributed by atoms with Crippen molar-refractivity contribution in [3.63, 3.8) is 0 Å². The molecule has 0 unspecified atom stereocenters. The van der Waals surface area contributed by atoms with Crippen molar-refractivity contribution < 1.29 is 9.47 Å². The predicted octanol–water partition coefficient (Wildman–Crippen LogP) is 5.94. The molecule has 3 aromatic rings. The molecule has 3 rings (SSSR count). The van der Waals surface area contributed by atoms with E-state index in [1.54, 1.807) is 0 Å². The zero-order valence-corrected chi connectivity index (χ0v) is 18.2. The van der Waals surface area contributed by atoms with Crippen molar-refractivity contribution >= 4 is 24.0 Å². The number of alkyl halides is 1. The zero-order chi connectivity index (χ0) is 19.6. The molecule has 0 saturated heterocycles. The van der Waals surface area contributed by atoms with Crippen LogP contribution in [0.1, 0.15) is 16.7 Å². The summed E-state index contributed by atoms with van der Waals surface area (Å²) in [5.41, 5.74) is 3.42. The molecule has 0 aliphatic rings. The lowest BCUT2D eigenvalue weighted by Crippen LogP contribution is -2.20. The average molecular weight is 432 g/mol. The molecule has 0 radical (unpaired) electrons. The molecule has 3 aromatic carbocycles. The van der Waals surface area contributed by atoms with Crippen molar-refractivity contribution in [2.45, 2.75) is 19.8 Å². The fourth-order valence-electron chi connectivity index (χ4n) is 2.89. The van der Waals surface area contributed by atoms with Crippen LogP contribution < -0.4 is 9.47 Å². The van der Waals surface area contributed by atoms with Gasteiger partial charge in [0.15, 0.2) is 11.5 Å². The van der Waals surface area contributed by atoms with Gasteiger partial charge in [-0.15, -0.1) is 24.0 Å². The first-order valence-corrected chi connectivity index (χ1v) is 9.99. The van der Waals surface area contributed by atoms with E-state index in [0.717, 1.165) is 35.7 Å². The van der Waals surface area contributed by atoms with Crippen LogP contribution in [0.2, 0.25) is 0 Å². The molecule has 0 atom stereocenters. The van der Waals surface area contributed by atoms with E-state index < -0.39 is 0 Å². The predicted molar refractivity (Wildman–Crippen MR) is 122 cm³/mol. The van der Waals surface area contributed by atoms with Gasteiger partial charge in [-0.2, -0.15) is 0 Å². The Labute approximate surface area is 184 Å². The molecule has 0 amide bonds. The molecule has 0 bridgehead atoms. The van der Waals surface area contributed by atoms with E-state index in [2.05, 4.69) is 48.3 Å². The summed E-state index contributed by atoms with van der Waals surface area (Å²) in [5, 5.41) is 0. The summed E-state index contributed by atoms with van der Waals surface area (Å²) in [6.45, 7) is 2.67. The molecule has 154 valence electrons. The van der Waals surface area contributed by atoms with Crippen LogP contribution in [-0.4, -0.2) is 24.4 Å². The summed E-state index contributed by atoms with van der Waals surface area (Å²) in [7, 11) is 2.06. The second-order valence-electron chi connectivity index (χ2n) is 6.76. The molecule has 3 nitrogen and oxygen atoms in total. The van der Waals surface area contributed by atoms with Crippen LogP contribution in [-0.2, 0) is 19.8 Å². The minimum absolute atomic E-state index is 0. The normalized spacial score (nSPS) is 10.4. The van der Waals surface area contributed by atoms with Crippen LogP contribution in [0.25, 0.3) is 0 Å². The molecule has 0 aromatic heterocycles.